The fourth-order valence-electron chi connectivity index (χ4n) is 1.33. The van der Waals surface area contributed by atoms with Gasteiger partial charge in [-0.3, -0.25) is 4.79 Å². The molecule has 1 heterocycles. The van der Waals surface area contributed by atoms with Crippen molar-refractivity contribution in [2.45, 2.75) is 0 Å². The van der Waals surface area contributed by atoms with E-state index < -0.39 is 0 Å². The van der Waals surface area contributed by atoms with Gasteiger partial charge >= 0.3 is 0 Å². The molecule has 6 heteroatoms. The molecule has 0 aliphatic rings. The number of thiophene rings is 1. The lowest BCUT2D eigenvalue weighted by molar-refractivity contribution is 0.103. The molecule has 0 bridgehead atoms. The molecular weight excluding hydrogens is 380 g/mol. The van der Waals surface area contributed by atoms with Gasteiger partial charge in [-0.15, -0.1) is 11.3 Å². The van der Waals surface area contributed by atoms with Gasteiger partial charge in [0.15, 0.2) is 0 Å². The molecule has 2 rings (SSSR count). The molecule has 0 spiro atoms. The van der Waals surface area contributed by atoms with Gasteiger partial charge in [0.05, 0.1) is 19.9 Å². The van der Waals surface area contributed by atoms with E-state index in [0.29, 0.717) is 16.1 Å². The number of carbonyl (C=O) groups is 1. The van der Waals surface area contributed by atoms with Gasteiger partial charge in [0.25, 0.3) is 5.91 Å². The molecule has 1 N–H and O–H groups in total. The van der Waals surface area contributed by atoms with Crippen molar-refractivity contribution in [2.75, 3.05) is 5.32 Å². The second-order valence-electron chi connectivity index (χ2n) is 3.34. The van der Waals surface area contributed by atoms with Crippen LogP contribution in [0.2, 0.25) is 0 Å². The van der Waals surface area contributed by atoms with Gasteiger partial charge in [-0.1, -0.05) is 12.1 Å². The molecule has 3 nitrogen and oxygen atoms in total. The molecule has 0 aliphatic heterocycles. The highest BCUT2D eigenvalue weighted by molar-refractivity contribution is 9.13. The third-order valence-electron chi connectivity index (χ3n) is 2.16. The van der Waals surface area contributed by atoms with Gasteiger partial charge in [-0.2, -0.15) is 5.26 Å². The number of nitrogens with zero attached hydrogens (tertiary/aromatic N) is 1. The van der Waals surface area contributed by atoms with E-state index in [1.54, 1.807) is 30.3 Å². The first-order valence-electron chi connectivity index (χ1n) is 4.87. The van der Waals surface area contributed by atoms with Gasteiger partial charge in [0.2, 0.25) is 0 Å². The molecule has 1 amide bonds. The lowest BCUT2D eigenvalue weighted by Crippen LogP contribution is -2.11. The molecular formula is C12H6Br2N2OS. The Bertz CT molecular complexity index is 626. The maximum Gasteiger partial charge on any atom is 0.265 e. The number of nitrogens with one attached hydrogen (secondary N) is 1. The average molecular weight is 386 g/mol. The summed E-state index contributed by atoms with van der Waals surface area (Å²) in [6.45, 7) is 0. The van der Waals surface area contributed by atoms with Gasteiger partial charge in [-0.25, -0.2) is 0 Å². The maximum atomic E-state index is 12.0. The number of carbonyl (C=O) groups excluding carboxylic acids is 1. The minimum Gasteiger partial charge on any atom is -0.320 e. The Morgan fingerprint density at radius 1 is 1.33 bits per heavy atom. The van der Waals surface area contributed by atoms with Crippen molar-refractivity contribution < 1.29 is 4.79 Å². The van der Waals surface area contributed by atoms with E-state index in [9.17, 15) is 4.79 Å². The Labute approximate surface area is 125 Å². The van der Waals surface area contributed by atoms with Crippen molar-refractivity contribution in [2.24, 2.45) is 0 Å². The van der Waals surface area contributed by atoms with Gasteiger partial charge in [-0.05, 0) is 50.1 Å². The highest BCUT2D eigenvalue weighted by atomic mass is 79.9. The van der Waals surface area contributed by atoms with Crippen LogP contribution < -0.4 is 5.32 Å². The van der Waals surface area contributed by atoms with E-state index in [-0.39, 0.29) is 5.91 Å². The zero-order chi connectivity index (χ0) is 13.1. The lowest BCUT2D eigenvalue weighted by atomic mass is 10.2. The molecule has 0 aliphatic carbocycles. The summed E-state index contributed by atoms with van der Waals surface area (Å²) in [4.78, 5) is 12.6. The average Bonchev–Trinajstić information content (AvgIpc) is 2.70. The monoisotopic (exact) mass is 384 g/mol. The molecule has 90 valence electrons. The first-order valence-corrected chi connectivity index (χ1v) is 7.27. The largest absolute Gasteiger partial charge is 0.320 e. The van der Waals surface area contributed by atoms with Gasteiger partial charge in [0.1, 0.15) is 6.07 Å². The van der Waals surface area contributed by atoms with Crippen LogP contribution in [0.15, 0.2) is 38.6 Å². The number of nitriles is 1. The van der Waals surface area contributed by atoms with Crippen LogP contribution in [0.3, 0.4) is 0 Å². The quantitative estimate of drug-likeness (QED) is 0.832. The van der Waals surface area contributed by atoms with Crippen LogP contribution >= 0.6 is 43.2 Å². The number of halogens is 2. The Morgan fingerprint density at radius 3 is 2.67 bits per heavy atom. The molecule has 0 fully saturated rings. The van der Waals surface area contributed by atoms with E-state index >= 15 is 0 Å². The highest BCUT2D eigenvalue weighted by Gasteiger charge is 2.13. The van der Waals surface area contributed by atoms with Gasteiger partial charge < -0.3 is 5.32 Å². The predicted octanol–water partition coefficient (Wildman–Crippen LogP) is 4.40. The molecule has 0 unspecified atom stereocenters. The predicted molar refractivity (Wildman–Crippen MR) is 78.8 cm³/mol. The molecule has 1 aromatic carbocycles. The summed E-state index contributed by atoms with van der Waals surface area (Å²) >= 11 is 8.00. The molecule has 18 heavy (non-hydrogen) atoms. The van der Waals surface area contributed by atoms with Crippen molar-refractivity contribution in [1.29, 1.82) is 5.26 Å². The van der Waals surface area contributed by atoms with Crippen molar-refractivity contribution >= 4 is 54.8 Å². The minimum atomic E-state index is -0.228. The maximum absolute atomic E-state index is 12.0. The number of para-hydroxylation sites is 1. The smallest absolute Gasteiger partial charge is 0.265 e. The van der Waals surface area contributed by atoms with E-state index in [2.05, 4.69) is 37.2 Å². The summed E-state index contributed by atoms with van der Waals surface area (Å²) in [5.41, 5.74) is 0.964. The van der Waals surface area contributed by atoms with Crippen LogP contribution in [0.1, 0.15) is 15.2 Å². The zero-order valence-corrected chi connectivity index (χ0v) is 12.9. The Balaban J connectivity index is 2.24. The van der Waals surface area contributed by atoms with Crippen LogP contribution in [0, 0.1) is 11.3 Å². The molecule has 0 atom stereocenters. The van der Waals surface area contributed by atoms with Crippen molar-refractivity contribution in [3.8, 4) is 6.07 Å². The summed E-state index contributed by atoms with van der Waals surface area (Å²) in [5, 5.41) is 11.7. The van der Waals surface area contributed by atoms with E-state index in [0.717, 1.165) is 8.26 Å². The molecule has 0 saturated heterocycles. The molecule has 0 saturated carbocycles. The van der Waals surface area contributed by atoms with E-state index in [4.69, 9.17) is 5.26 Å². The van der Waals surface area contributed by atoms with E-state index in [1.807, 2.05) is 6.07 Å². The van der Waals surface area contributed by atoms with Crippen LogP contribution in [-0.2, 0) is 0 Å². The summed E-state index contributed by atoms with van der Waals surface area (Å²) in [6, 6.07) is 10.7. The number of hydrogen-bond acceptors (Lipinski definition) is 3. The number of hydrogen-bond donors (Lipinski definition) is 1. The molecule has 1 aromatic heterocycles. The topological polar surface area (TPSA) is 52.9 Å². The van der Waals surface area contributed by atoms with Crippen molar-refractivity contribution in [1.82, 2.24) is 0 Å². The second kappa shape index (κ2) is 5.65. The van der Waals surface area contributed by atoms with Crippen molar-refractivity contribution in [3.63, 3.8) is 0 Å². The minimum absolute atomic E-state index is 0.228. The van der Waals surface area contributed by atoms with Gasteiger partial charge in [0, 0.05) is 4.47 Å². The first-order chi connectivity index (χ1) is 8.61. The first kappa shape index (κ1) is 13.3. The Hall–Kier alpha value is -1.16. The third-order valence-corrected chi connectivity index (χ3v) is 5.42. The standard InChI is InChI=1S/C12H6Br2N2OS/c13-8-5-10(18-11(8)14)12(17)16-9-4-2-1-3-7(9)6-15/h1-5H,(H,16,17). The molecule has 0 radical (unpaired) electrons. The second-order valence-corrected chi connectivity index (χ2v) is 6.57. The van der Waals surface area contributed by atoms with Crippen LogP contribution in [0.25, 0.3) is 0 Å². The number of benzene rings is 1. The Morgan fingerprint density at radius 2 is 2.06 bits per heavy atom. The Kier molecular flexibility index (Phi) is 4.17. The summed E-state index contributed by atoms with van der Waals surface area (Å²) in [5.74, 6) is -0.228. The normalized spacial score (nSPS) is 9.83. The number of amides is 1. The molecule has 2 aromatic rings. The fourth-order valence-corrected chi connectivity index (χ4v) is 3.26. The van der Waals surface area contributed by atoms with Crippen LogP contribution in [-0.4, -0.2) is 5.91 Å². The van der Waals surface area contributed by atoms with Crippen molar-refractivity contribution in [3.05, 3.63) is 49.0 Å². The summed E-state index contributed by atoms with van der Waals surface area (Å²) in [6.07, 6.45) is 0. The van der Waals surface area contributed by atoms with E-state index in [1.165, 1.54) is 11.3 Å². The fraction of sp³-hybridized carbons (Fsp3) is 0. The highest BCUT2D eigenvalue weighted by Crippen LogP contribution is 2.32. The van der Waals surface area contributed by atoms with Crippen LogP contribution in [0.5, 0.6) is 0 Å². The SMILES string of the molecule is N#Cc1ccccc1NC(=O)c1cc(Br)c(Br)s1. The summed E-state index contributed by atoms with van der Waals surface area (Å²) in [7, 11) is 0. The van der Waals surface area contributed by atoms with Crippen LogP contribution in [0.4, 0.5) is 5.69 Å². The lowest BCUT2D eigenvalue weighted by Gasteiger charge is -2.04. The third kappa shape index (κ3) is 2.80. The zero-order valence-electron chi connectivity index (χ0n) is 8.91. The number of rotatable bonds is 2. The number of anilines is 1. The summed E-state index contributed by atoms with van der Waals surface area (Å²) < 4.78 is 1.70.